The maximum Gasteiger partial charge on any atom is 0.355 e. The summed E-state index contributed by atoms with van der Waals surface area (Å²) in [6.45, 7) is -2.01. The number of anilines is 1. The number of azo groups is 3. The highest BCUT2D eigenvalue weighted by Gasteiger charge is 2.41. The Bertz CT molecular complexity index is 3810. The van der Waals surface area contributed by atoms with Crippen molar-refractivity contribution >= 4 is 114 Å². The number of hydrazone groups is 1. The highest BCUT2D eigenvalue weighted by atomic mass is 32.2. The topological polar surface area (TPSA) is 441 Å². The molecular weight excluding hydrogens is 1040 g/mol. The second-order valence-corrected chi connectivity index (χ2v) is 20.1. The number of phenols is 1. The predicted octanol–water partition coefficient (Wildman–Crippen LogP) is 5.20. The molecule has 6 aromatic carbocycles. The molecule has 0 aliphatic carbocycles. The lowest BCUT2D eigenvalue weighted by Gasteiger charge is -2.13. The Hall–Kier alpha value is -7.79. The van der Waals surface area contributed by atoms with Gasteiger partial charge in [0.15, 0.2) is 11.5 Å². The monoisotopic (exact) mass is 1070 g/mol. The number of carboxylic acid groups (broad SMARTS) is 1. The second-order valence-electron chi connectivity index (χ2n) is 14.5. The van der Waals surface area contributed by atoms with Gasteiger partial charge < -0.3 is 29.9 Å². The lowest BCUT2D eigenvalue weighted by atomic mass is 10.1. The first-order valence-electron chi connectivity index (χ1n) is 19.7. The van der Waals surface area contributed by atoms with E-state index in [1.54, 1.807) is 0 Å². The average Bonchev–Trinajstić information content (AvgIpc) is 3.65. The largest absolute Gasteiger partial charge is 0.505 e. The van der Waals surface area contributed by atoms with Crippen molar-refractivity contribution in [3.8, 4) is 17.2 Å². The fourth-order valence-electron chi connectivity index (χ4n) is 6.78. The Morgan fingerprint density at radius 1 is 0.625 bits per heavy atom. The molecule has 6 aromatic rings. The summed E-state index contributed by atoms with van der Waals surface area (Å²) in [4.78, 5) is 22.2. The standard InChI is InChI=1S/C40H32N8O20S4/c49-12-14-67-30-19-29(31(68-15-13-50)18-28(30)43-42-27-11-10-25-26(38(27)72(64,65)66)2-1-3-32(25)70(58,59)60)44-45-34-33(71(61,62)63)17-20-16-21(4-9-24(20)37(34)51)41-46-35-36(40(53)54)47-48(39(35)52)22-5-7-23(8-6-22)69(55,56)57/h1-11,16-19,35,49-51H,12-15H2,(H,53,54)(H,55,56,57)(H,58,59,60)(H,61,62,63)(H,64,65,66). The molecule has 376 valence electrons. The van der Waals surface area contributed by atoms with E-state index >= 15 is 0 Å². The van der Waals surface area contributed by atoms with Gasteiger partial charge in [-0.2, -0.15) is 54.0 Å². The van der Waals surface area contributed by atoms with Gasteiger partial charge in [0.2, 0.25) is 6.04 Å². The summed E-state index contributed by atoms with van der Waals surface area (Å²) >= 11 is 0. The molecule has 0 spiro atoms. The molecule has 0 bridgehead atoms. The Labute approximate surface area is 404 Å². The number of aromatic hydroxyl groups is 1. The van der Waals surface area contributed by atoms with Crippen LogP contribution in [0.1, 0.15) is 0 Å². The summed E-state index contributed by atoms with van der Waals surface area (Å²) in [6, 6.07) is 13.9. The first-order valence-corrected chi connectivity index (χ1v) is 25.5. The summed E-state index contributed by atoms with van der Waals surface area (Å²) in [5.74, 6) is -4.19. The number of aliphatic hydroxyl groups excluding tert-OH is 2. The SMILES string of the molecule is O=C(O)C1=NN(c2ccc(S(=O)(=O)O)cc2)C(=O)C1N=Nc1ccc2c(O)c(N=Nc3cc(OCCO)c(N=Nc4ccc5c(S(=O)(=O)O)cccc5c4S(=O)(=O)O)cc3OCCO)c(S(=O)(=O)O)cc2c1. The summed E-state index contributed by atoms with van der Waals surface area (Å²) in [6.07, 6.45) is 0. The Morgan fingerprint density at radius 2 is 1.21 bits per heavy atom. The minimum absolute atomic E-state index is 0.0971. The quantitative estimate of drug-likeness (QED) is 0.0405. The van der Waals surface area contributed by atoms with Crippen LogP contribution in [0.25, 0.3) is 21.5 Å². The summed E-state index contributed by atoms with van der Waals surface area (Å²) < 4.78 is 148. The maximum atomic E-state index is 13.3. The second kappa shape index (κ2) is 20.1. The van der Waals surface area contributed by atoms with Gasteiger partial charge in [0.25, 0.3) is 46.4 Å². The van der Waals surface area contributed by atoms with Crippen molar-refractivity contribution in [1.29, 1.82) is 0 Å². The van der Waals surface area contributed by atoms with Crippen molar-refractivity contribution in [1.82, 2.24) is 0 Å². The van der Waals surface area contributed by atoms with Gasteiger partial charge in [0.05, 0.1) is 29.5 Å². The number of fused-ring (bicyclic) bond motifs is 2. The minimum atomic E-state index is -5.27. The summed E-state index contributed by atoms with van der Waals surface area (Å²) in [5, 5.41) is 67.2. The lowest BCUT2D eigenvalue weighted by molar-refractivity contribution is -0.130. The molecule has 72 heavy (non-hydrogen) atoms. The highest BCUT2D eigenvalue weighted by molar-refractivity contribution is 7.87. The number of aliphatic hydroxyl groups is 2. The highest BCUT2D eigenvalue weighted by Crippen LogP contribution is 2.46. The predicted molar refractivity (Wildman–Crippen MR) is 246 cm³/mol. The lowest BCUT2D eigenvalue weighted by Crippen LogP contribution is -2.33. The van der Waals surface area contributed by atoms with Crippen molar-refractivity contribution in [2.45, 2.75) is 25.6 Å². The molecule has 32 heteroatoms. The zero-order valence-corrected chi connectivity index (χ0v) is 39.0. The van der Waals surface area contributed by atoms with Crippen molar-refractivity contribution in [2.24, 2.45) is 35.8 Å². The number of ether oxygens (including phenoxy) is 2. The molecule has 1 heterocycles. The van der Waals surface area contributed by atoms with Crippen LogP contribution in [-0.4, -0.2) is 122 Å². The third-order valence-corrected chi connectivity index (χ3v) is 13.4. The first-order chi connectivity index (χ1) is 33.8. The third kappa shape index (κ3) is 11.1. The van der Waals surface area contributed by atoms with Crippen molar-refractivity contribution < 1.29 is 91.4 Å². The van der Waals surface area contributed by atoms with Crippen LogP contribution in [0.15, 0.2) is 146 Å². The number of rotatable bonds is 18. The van der Waals surface area contributed by atoms with Crippen LogP contribution in [0.2, 0.25) is 0 Å². The first kappa shape index (κ1) is 52.0. The molecule has 1 amide bonds. The van der Waals surface area contributed by atoms with Gasteiger partial charge in [-0.3, -0.25) is 23.0 Å². The number of amides is 1. The fourth-order valence-corrected chi connectivity index (χ4v) is 9.46. The third-order valence-electron chi connectivity index (χ3n) is 9.86. The van der Waals surface area contributed by atoms with E-state index in [0.29, 0.717) is 5.01 Å². The molecule has 0 fully saturated rings. The van der Waals surface area contributed by atoms with E-state index in [2.05, 4.69) is 35.8 Å². The zero-order chi connectivity index (χ0) is 52.5. The van der Waals surface area contributed by atoms with Crippen LogP contribution in [-0.2, 0) is 50.1 Å². The van der Waals surface area contributed by atoms with Crippen LogP contribution in [0.4, 0.5) is 34.1 Å². The van der Waals surface area contributed by atoms with E-state index in [-0.39, 0.29) is 55.8 Å². The fraction of sp³-hybridized carbons (Fsp3) is 0.125. The van der Waals surface area contributed by atoms with Crippen LogP contribution in [0.3, 0.4) is 0 Å². The van der Waals surface area contributed by atoms with Crippen LogP contribution in [0, 0.1) is 0 Å². The van der Waals surface area contributed by atoms with Crippen molar-refractivity contribution in [3.63, 3.8) is 0 Å². The molecular formula is C40H32N8O20S4. The number of aliphatic carboxylic acids is 1. The molecule has 8 N–H and O–H groups in total. The summed E-state index contributed by atoms with van der Waals surface area (Å²) in [5.41, 5.74) is -3.06. The van der Waals surface area contributed by atoms with Gasteiger partial charge in [0, 0.05) is 28.3 Å². The van der Waals surface area contributed by atoms with E-state index in [0.717, 1.165) is 78.9 Å². The van der Waals surface area contributed by atoms with Gasteiger partial charge >= 0.3 is 5.97 Å². The van der Waals surface area contributed by atoms with Gasteiger partial charge in [-0.1, -0.05) is 18.2 Å². The van der Waals surface area contributed by atoms with Gasteiger partial charge in [-0.05, 0) is 66.0 Å². The molecule has 7 rings (SSSR count). The Morgan fingerprint density at radius 3 is 1.76 bits per heavy atom. The number of carboxylic acids is 1. The van der Waals surface area contributed by atoms with E-state index in [1.807, 2.05) is 0 Å². The minimum Gasteiger partial charge on any atom is -0.505 e. The molecule has 0 saturated carbocycles. The van der Waals surface area contributed by atoms with Crippen LogP contribution < -0.4 is 14.5 Å². The smallest absolute Gasteiger partial charge is 0.355 e. The van der Waals surface area contributed by atoms with E-state index in [4.69, 9.17) is 9.47 Å². The number of carbonyl (C=O) groups excluding carboxylic acids is 1. The number of phenolic OH excluding ortho intramolecular Hbond substituents is 1. The van der Waals surface area contributed by atoms with E-state index in [9.17, 15) is 81.9 Å². The normalized spacial score (nSPS) is 14.9. The molecule has 0 aromatic heterocycles. The number of nitrogens with zero attached hydrogens (tertiary/aromatic N) is 8. The van der Waals surface area contributed by atoms with Crippen molar-refractivity contribution in [3.05, 3.63) is 91.0 Å². The number of hydrogen-bond acceptors (Lipinski definition) is 22. The van der Waals surface area contributed by atoms with Gasteiger partial charge in [-0.15, -0.1) is 20.5 Å². The van der Waals surface area contributed by atoms with Crippen molar-refractivity contribution in [2.75, 3.05) is 31.4 Å². The molecule has 0 radical (unpaired) electrons. The number of hydrogen-bond donors (Lipinski definition) is 8. The van der Waals surface area contributed by atoms with E-state index in [1.165, 1.54) is 12.1 Å². The average molecular weight is 1070 g/mol. The zero-order valence-electron chi connectivity index (χ0n) is 35.8. The maximum absolute atomic E-state index is 13.3. The Kier molecular flexibility index (Phi) is 14.6. The number of carbonyl (C=O) groups is 2. The van der Waals surface area contributed by atoms with Gasteiger partial charge in [0.1, 0.15) is 62.1 Å². The Balaban J connectivity index is 1.25. The van der Waals surface area contributed by atoms with E-state index < -0.39 is 127 Å². The molecule has 1 atom stereocenters. The van der Waals surface area contributed by atoms with Crippen LogP contribution in [0.5, 0.6) is 17.2 Å². The number of benzene rings is 6. The molecule has 1 unspecified atom stereocenters. The van der Waals surface area contributed by atoms with Crippen LogP contribution >= 0.6 is 0 Å². The van der Waals surface area contributed by atoms with Gasteiger partial charge in [-0.25, -0.2) is 4.79 Å². The molecule has 28 nitrogen and oxygen atoms in total. The summed E-state index contributed by atoms with van der Waals surface area (Å²) in [7, 11) is -19.9. The molecule has 0 saturated heterocycles. The molecule has 1 aliphatic heterocycles. The molecule has 1 aliphatic rings.